The molecule has 1 saturated heterocycles. The number of hydrogen-bond donors (Lipinski definition) is 0. The van der Waals surface area contributed by atoms with Crippen LogP contribution in [0.3, 0.4) is 0 Å². The molecule has 2 amide bonds. The maximum absolute atomic E-state index is 12.5. The van der Waals surface area contributed by atoms with Gasteiger partial charge in [0.25, 0.3) is 0 Å². The van der Waals surface area contributed by atoms with Gasteiger partial charge in [-0.3, -0.25) is 24.1 Å². The Morgan fingerprint density at radius 1 is 1.10 bits per heavy atom. The number of anilines is 1. The third kappa shape index (κ3) is 3.58. The highest BCUT2D eigenvalue weighted by Crippen LogP contribution is 2.46. The minimum atomic E-state index is -0.762. The SMILES string of the molecule is CN1/C(=C\C(=O)COC(=O)CN2C(=O)C3CC=CCC3C2=O)C(C)(C)c2ccccc21. The highest BCUT2D eigenvalue weighted by Gasteiger charge is 2.47. The van der Waals surface area contributed by atoms with Crippen molar-refractivity contribution in [3.05, 3.63) is 53.8 Å². The highest BCUT2D eigenvalue weighted by molar-refractivity contribution is 6.07. The van der Waals surface area contributed by atoms with Gasteiger partial charge < -0.3 is 9.64 Å². The van der Waals surface area contributed by atoms with Gasteiger partial charge in [-0.05, 0) is 24.5 Å². The van der Waals surface area contributed by atoms with E-state index < -0.39 is 31.0 Å². The number of ether oxygens (including phenoxy) is 1. The Bertz CT molecular complexity index is 997. The summed E-state index contributed by atoms with van der Waals surface area (Å²) in [5.41, 5.74) is 2.61. The average Bonchev–Trinajstić information content (AvgIpc) is 3.11. The summed E-state index contributed by atoms with van der Waals surface area (Å²) in [7, 11) is 1.90. The number of nitrogens with zero attached hydrogens (tertiary/aromatic N) is 2. The van der Waals surface area contributed by atoms with Crippen LogP contribution in [-0.4, -0.2) is 48.7 Å². The lowest BCUT2D eigenvalue weighted by Gasteiger charge is -2.23. The zero-order chi connectivity index (χ0) is 22.3. The number of fused-ring (bicyclic) bond motifs is 2. The topological polar surface area (TPSA) is 84.0 Å². The molecule has 2 unspecified atom stereocenters. The first-order chi connectivity index (χ1) is 14.7. The van der Waals surface area contributed by atoms with Crippen molar-refractivity contribution in [3.8, 4) is 0 Å². The van der Waals surface area contributed by atoms with E-state index in [2.05, 4.69) is 0 Å². The summed E-state index contributed by atoms with van der Waals surface area (Å²) in [5, 5.41) is 0. The van der Waals surface area contributed by atoms with Gasteiger partial charge in [-0.2, -0.15) is 0 Å². The molecule has 3 aliphatic rings. The number of hydrogen-bond acceptors (Lipinski definition) is 6. The molecule has 1 aliphatic carbocycles. The maximum Gasteiger partial charge on any atom is 0.326 e. The number of allylic oxidation sites excluding steroid dienone is 3. The van der Waals surface area contributed by atoms with Crippen molar-refractivity contribution < 1.29 is 23.9 Å². The van der Waals surface area contributed by atoms with Crippen LogP contribution in [0.1, 0.15) is 32.3 Å². The lowest BCUT2D eigenvalue weighted by molar-refractivity contribution is -0.154. The second-order valence-electron chi connectivity index (χ2n) is 8.78. The molecule has 0 radical (unpaired) electrons. The van der Waals surface area contributed by atoms with Gasteiger partial charge in [0.15, 0.2) is 12.4 Å². The molecule has 0 aromatic heterocycles. The molecule has 7 nitrogen and oxygen atoms in total. The number of likely N-dealkylation sites (tertiary alicyclic amines) is 1. The van der Waals surface area contributed by atoms with Crippen molar-refractivity contribution in [3.63, 3.8) is 0 Å². The monoisotopic (exact) mass is 422 g/mol. The van der Waals surface area contributed by atoms with Crippen molar-refractivity contribution in [1.29, 1.82) is 0 Å². The molecule has 7 heteroatoms. The Morgan fingerprint density at radius 3 is 2.32 bits per heavy atom. The quantitative estimate of drug-likeness (QED) is 0.314. The zero-order valence-electron chi connectivity index (χ0n) is 18.0. The first kappa shape index (κ1) is 21.0. The Balaban J connectivity index is 1.37. The molecule has 0 saturated carbocycles. The van der Waals surface area contributed by atoms with Gasteiger partial charge in [0.1, 0.15) is 6.54 Å². The normalized spacial score (nSPS) is 25.1. The number of esters is 1. The van der Waals surface area contributed by atoms with Gasteiger partial charge in [-0.25, -0.2) is 0 Å². The van der Waals surface area contributed by atoms with Crippen LogP contribution in [0.15, 0.2) is 48.2 Å². The first-order valence-corrected chi connectivity index (χ1v) is 10.5. The smallest absolute Gasteiger partial charge is 0.326 e. The Labute approximate surface area is 181 Å². The van der Waals surface area contributed by atoms with Crippen LogP contribution in [0.2, 0.25) is 0 Å². The van der Waals surface area contributed by atoms with Gasteiger partial charge in [-0.15, -0.1) is 0 Å². The molecule has 2 atom stereocenters. The summed E-state index contributed by atoms with van der Waals surface area (Å²) in [6.07, 6.45) is 6.30. The third-order valence-corrected chi connectivity index (χ3v) is 6.50. The summed E-state index contributed by atoms with van der Waals surface area (Å²) in [6, 6.07) is 7.95. The van der Waals surface area contributed by atoms with Crippen molar-refractivity contribution in [2.45, 2.75) is 32.1 Å². The number of ketones is 1. The number of benzene rings is 1. The molecular formula is C24H26N2O5. The van der Waals surface area contributed by atoms with Crippen LogP contribution in [0.5, 0.6) is 0 Å². The van der Waals surface area contributed by atoms with E-state index in [1.807, 2.05) is 62.2 Å². The lowest BCUT2D eigenvalue weighted by atomic mass is 9.83. The van der Waals surface area contributed by atoms with E-state index in [1.54, 1.807) is 0 Å². The standard InChI is InChI=1S/C24H26N2O5/c1-24(2)18-10-6-7-11-19(18)25(3)20(24)12-15(27)14-31-21(28)13-26-22(29)16-8-4-5-9-17(16)23(26)30/h4-7,10-12,16-17H,8-9,13-14H2,1-3H3/b20-12-. The number of likely N-dealkylation sites (N-methyl/N-ethyl adjacent to an activating group) is 1. The van der Waals surface area contributed by atoms with Crippen LogP contribution in [-0.2, 0) is 29.3 Å². The van der Waals surface area contributed by atoms with E-state index >= 15 is 0 Å². The predicted molar refractivity (Wildman–Crippen MR) is 114 cm³/mol. The Hall–Kier alpha value is -3.22. The van der Waals surface area contributed by atoms with Crippen LogP contribution < -0.4 is 4.90 Å². The largest absolute Gasteiger partial charge is 0.456 e. The second-order valence-corrected chi connectivity index (χ2v) is 8.78. The Morgan fingerprint density at radius 2 is 1.71 bits per heavy atom. The average molecular weight is 422 g/mol. The van der Waals surface area contributed by atoms with Gasteiger partial charge in [0.05, 0.1) is 11.8 Å². The number of rotatable bonds is 5. The Kier molecular flexibility index (Phi) is 5.29. The van der Waals surface area contributed by atoms with Gasteiger partial charge in [-0.1, -0.05) is 44.2 Å². The summed E-state index contributed by atoms with van der Waals surface area (Å²) < 4.78 is 5.09. The van der Waals surface area contributed by atoms with E-state index in [1.165, 1.54) is 6.08 Å². The number of carbonyl (C=O) groups excluding carboxylic acids is 4. The fourth-order valence-electron chi connectivity index (χ4n) is 4.80. The van der Waals surface area contributed by atoms with Crippen molar-refractivity contribution in [2.24, 2.45) is 11.8 Å². The minimum Gasteiger partial charge on any atom is -0.456 e. The minimum absolute atomic E-state index is 0.336. The summed E-state index contributed by atoms with van der Waals surface area (Å²) >= 11 is 0. The molecule has 1 aromatic carbocycles. The summed E-state index contributed by atoms with van der Waals surface area (Å²) in [5.74, 6) is -2.57. The number of imide groups is 1. The van der Waals surface area contributed by atoms with Crippen LogP contribution >= 0.6 is 0 Å². The molecule has 2 aliphatic heterocycles. The highest BCUT2D eigenvalue weighted by atomic mass is 16.5. The predicted octanol–water partition coefficient (Wildman–Crippen LogP) is 2.36. The van der Waals surface area contributed by atoms with E-state index in [4.69, 9.17) is 4.74 Å². The van der Waals surface area contributed by atoms with E-state index in [0.717, 1.165) is 21.8 Å². The van der Waals surface area contributed by atoms with Crippen molar-refractivity contribution in [1.82, 2.24) is 4.90 Å². The molecule has 31 heavy (non-hydrogen) atoms. The van der Waals surface area contributed by atoms with Crippen molar-refractivity contribution >= 4 is 29.3 Å². The van der Waals surface area contributed by atoms with Gasteiger partial charge in [0.2, 0.25) is 11.8 Å². The molecule has 0 spiro atoms. The molecular weight excluding hydrogens is 396 g/mol. The summed E-state index contributed by atoms with van der Waals surface area (Å²) in [4.78, 5) is 52.6. The molecule has 4 rings (SSSR count). The van der Waals surface area contributed by atoms with E-state index in [0.29, 0.717) is 12.8 Å². The zero-order valence-corrected chi connectivity index (χ0v) is 18.0. The van der Waals surface area contributed by atoms with Gasteiger partial charge in [0, 0.05) is 29.9 Å². The number of carbonyl (C=O) groups is 4. The fourth-order valence-corrected chi connectivity index (χ4v) is 4.80. The van der Waals surface area contributed by atoms with E-state index in [9.17, 15) is 19.2 Å². The van der Waals surface area contributed by atoms with Crippen LogP contribution in [0, 0.1) is 11.8 Å². The molecule has 1 aromatic rings. The summed E-state index contributed by atoms with van der Waals surface area (Å²) in [6.45, 7) is 3.19. The molecule has 1 fully saturated rings. The molecule has 0 bridgehead atoms. The van der Waals surface area contributed by atoms with Gasteiger partial charge >= 0.3 is 5.97 Å². The third-order valence-electron chi connectivity index (χ3n) is 6.50. The molecule has 2 heterocycles. The van der Waals surface area contributed by atoms with E-state index in [-0.39, 0.29) is 23.0 Å². The molecule has 0 N–H and O–H groups in total. The van der Waals surface area contributed by atoms with Crippen molar-refractivity contribution in [2.75, 3.05) is 25.1 Å². The molecule has 162 valence electrons. The second kappa shape index (κ2) is 7.80. The number of amides is 2. The first-order valence-electron chi connectivity index (χ1n) is 10.5. The van der Waals surface area contributed by atoms with Crippen LogP contribution in [0.25, 0.3) is 0 Å². The van der Waals surface area contributed by atoms with Crippen LogP contribution in [0.4, 0.5) is 5.69 Å². The lowest BCUT2D eigenvalue weighted by Crippen LogP contribution is -2.37. The fraction of sp³-hybridized carbons (Fsp3) is 0.417. The number of para-hydroxylation sites is 1. The maximum atomic E-state index is 12.5.